The zero-order valence-electron chi connectivity index (χ0n) is 13.8. The molecule has 0 spiro atoms. The number of aromatic nitrogens is 1. The van der Waals surface area contributed by atoms with Crippen LogP contribution in [0.25, 0.3) is 9.88 Å². The summed E-state index contributed by atoms with van der Waals surface area (Å²) in [5.74, 6) is 0.0189. The van der Waals surface area contributed by atoms with Gasteiger partial charge in [-0.3, -0.25) is 4.79 Å². The van der Waals surface area contributed by atoms with Crippen LogP contribution in [0.4, 0.5) is 0 Å². The molecular formula is C19H20N2OS2. The Morgan fingerprint density at radius 2 is 2.00 bits per heavy atom. The lowest BCUT2D eigenvalue weighted by Gasteiger charge is -2.17. The van der Waals surface area contributed by atoms with Crippen molar-refractivity contribution in [1.29, 1.82) is 0 Å². The maximum atomic E-state index is 12.4. The minimum atomic E-state index is 0.0189. The van der Waals surface area contributed by atoms with Gasteiger partial charge < -0.3 is 5.32 Å². The first-order valence-corrected chi connectivity index (χ1v) is 9.76. The van der Waals surface area contributed by atoms with E-state index in [4.69, 9.17) is 0 Å². The molecule has 5 heteroatoms. The van der Waals surface area contributed by atoms with Crippen LogP contribution in [-0.4, -0.2) is 10.9 Å². The van der Waals surface area contributed by atoms with Crippen LogP contribution in [0, 0.1) is 6.92 Å². The first kappa shape index (κ1) is 16.9. The van der Waals surface area contributed by atoms with Gasteiger partial charge in [0.1, 0.15) is 5.01 Å². The number of carbonyl (C=O) groups is 1. The molecule has 0 aliphatic heterocycles. The summed E-state index contributed by atoms with van der Waals surface area (Å²) in [4.78, 5) is 18.1. The SMILES string of the molecule is CC[C@@H](NC(=O)Cc1csc(-c2cccs2)n1)c1ccc(C)cc1. The topological polar surface area (TPSA) is 42.0 Å². The largest absolute Gasteiger partial charge is 0.349 e. The number of carbonyl (C=O) groups excluding carboxylic acids is 1. The van der Waals surface area contributed by atoms with E-state index in [0.717, 1.165) is 27.6 Å². The number of nitrogens with one attached hydrogen (secondary N) is 1. The molecule has 3 aromatic rings. The van der Waals surface area contributed by atoms with Crippen LogP contribution < -0.4 is 5.32 Å². The van der Waals surface area contributed by atoms with E-state index >= 15 is 0 Å². The van der Waals surface area contributed by atoms with Crippen molar-refractivity contribution in [2.75, 3.05) is 0 Å². The number of amides is 1. The minimum absolute atomic E-state index is 0.0189. The van der Waals surface area contributed by atoms with E-state index in [1.165, 1.54) is 5.56 Å². The van der Waals surface area contributed by atoms with Crippen LogP contribution in [-0.2, 0) is 11.2 Å². The second-order valence-corrected chi connectivity index (χ2v) is 7.54. The highest BCUT2D eigenvalue weighted by atomic mass is 32.1. The Labute approximate surface area is 150 Å². The summed E-state index contributed by atoms with van der Waals surface area (Å²) in [6, 6.07) is 12.5. The number of aryl methyl sites for hydroxylation is 1. The molecule has 2 heterocycles. The molecule has 24 heavy (non-hydrogen) atoms. The van der Waals surface area contributed by atoms with Gasteiger partial charge in [0, 0.05) is 5.38 Å². The number of hydrogen-bond donors (Lipinski definition) is 1. The molecule has 2 aromatic heterocycles. The molecule has 0 saturated heterocycles. The number of hydrogen-bond acceptors (Lipinski definition) is 4. The van der Waals surface area contributed by atoms with Crippen LogP contribution >= 0.6 is 22.7 Å². The normalized spacial score (nSPS) is 12.1. The van der Waals surface area contributed by atoms with Gasteiger partial charge in [-0.05, 0) is 30.4 Å². The van der Waals surface area contributed by atoms with Crippen LogP contribution in [0.2, 0.25) is 0 Å². The number of benzene rings is 1. The third-order valence-corrected chi connectivity index (χ3v) is 5.78. The van der Waals surface area contributed by atoms with Gasteiger partial charge >= 0.3 is 0 Å². The van der Waals surface area contributed by atoms with E-state index in [9.17, 15) is 4.79 Å². The summed E-state index contributed by atoms with van der Waals surface area (Å²) in [5, 5.41) is 8.12. The fraction of sp³-hybridized carbons (Fsp3) is 0.263. The number of thiophene rings is 1. The Morgan fingerprint density at radius 1 is 1.21 bits per heavy atom. The highest BCUT2D eigenvalue weighted by molar-refractivity contribution is 7.20. The van der Waals surface area contributed by atoms with Gasteiger partial charge in [-0.25, -0.2) is 4.98 Å². The molecule has 0 unspecified atom stereocenters. The van der Waals surface area contributed by atoms with Gasteiger partial charge in [0.25, 0.3) is 0 Å². The van der Waals surface area contributed by atoms with Crippen molar-refractivity contribution in [3.05, 3.63) is 64.0 Å². The lowest BCUT2D eigenvalue weighted by atomic mass is 10.0. The average Bonchev–Trinajstić information content (AvgIpc) is 3.24. The van der Waals surface area contributed by atoms with Gasteiger partial charge in [-0.15, -0.1) is 22.7 Å². The Kier molecular flexibility index (Phi) is 5.43. The first-order valence-electron chi connectivity index (χ1n) is 8.00. The van der Waals surface area contributed by atoms with Crippen molar-refractivity contribution in [3.8, 4) is 9.88 Å². The lowest BCUT2D eigenvalue weighted by molar-refractivity contribution is -0.121. The molecule has 1 aromatic carbocycles. The molecule has 0 fully saturated rings. The molecule has 1 N–H and O–H groups in total. The van der Waals surface area contributed by atoms with Crippen LogP contribution in [0.3, 0.4) is 0 Å². The third kappa shape index (κ3) is 4.10. The Balaban J connectivity index is 1.63. The molecule has 124 valence electrons. The first-order chi connectivity index (χ1) is 11.7. The monoisotopic (exact) mass is 356 g/mol. The van der Waals surface area contributed by atoms with Gasteiger partial charge in [0.05, 0.1) is 23.0 Å². The molecular weight excluding hydrogens is 336 g/mol. The molecule has 3 rings (SSSR count). The smallest absolute Gasteiger partial charge is 0.226 e. The molecule has 0 radical (unpaired) electrons. The molecule has 0 aliphatic carbocycles. The van der Waals surface area contributed by atoms with Crippen molar-refractivity contribution < 1.29 is 4.79 Å². The zero-order chi connectivity index (χ0) is 16.9. The molecule has 3 nitrogen and oxygen atoms in total. The predicted molar refractivity (Wildman–Crippen MR) is 101 cm³/mol. The maximum absolute atomic E-state index is 12.4. The van der Waals surface area contributed by atoms with Crippen molar-refractivity contribution in [2.45, 2.75) is 32.7 Å². The van der Waals surface area contributed by atoms with E-state index in [1.54, 1.807) is 22.7 Å². The van der Waals surface area contributed by atoms with Gasteiger partial charge in [0.15, 0.2) is 0 Å². The van der Waals surface area contributed by atoms with E-state index in [1.807, 2.05) is 16.8 Å². The molecule has 0 saturated carbocycles. The molecule has 0 aliphatic rings. The third-order valence-electron chi connectivity index (χ3n) is 3.85. The second-order valence-electron chi connectivity index (χ2n) is 5.74. The Bertz CT molecular complexity index is 791. The summed E-state index contributed by atoms with van der Waals surface area (Å²) < 4.78 is 0. The van der Waals surface area contributed by atoms with Gasteiger partial charge in [0.2, 0.25) is 5.91 Å². The summed E-state index contributed by atoms with van der Waals surface area (Å²) in [6.45, 7) is 4.15. The summed E-state index contributed by atoms with van der Waals surface area (Å²) in [6.07, 6.45) is 1.19. The molecule has 0 bridgehead atoms. The summed E-state index contributed by atoms with van der Waals surface area (Å²) in [7, 11) is 0. The van der Waals surface area contributed by atoms with Crippen molar-refractivity contribution in [1.82, 2.24) is 10.3 Å². The standard InChI is InChI=1S/C19H20N2OS2/c1-3-16(14-8-6-13(2)7-9-14)21-18(22)11-15-12-24-19(20-15)17-5-4-10-23-17/h4-10,12,16H,3,11H2,1-2H3,(H,21,22)/t16-/m1/s1. The second kappa shape index (κ2) is 7.73. The highest BCUT2D eigenvalue weighted by Crippen LogP contribution is 2.28. The molecule has 1 atom stereocenters. The van der Waals surface area contributed by atoms with Gasteiger partial charge in [-0.1, -0.05) is 42.8 Å². The maximum Gasteiger partial charge on any atom is 0.226 e. The van der Waals surface area contributed by atoms with Gasteiger partial charge in [-0.2, -0.15) is 0 Å². The van der Waals surface area contributed by atoms with Crippen LogP contribution in [0.5, 0.6) is 0 Å². The number of thiazole rings is 1. The quantitative estimate of drug-likeness (QED) is 0.676. The van der Waals surface area contributed by atoms with Crippen molar-refractivity contribution >= 4 is 28.6 Å². The summed E-state index contributed by atoms with van der Waals surface area (Å²) in [5.41, 5.74) is 3.21. The molecule has 1 amide bonds. The van der Waals surface area contributed by atoms with Crippen LogP contribution in [0.15, 0.2) is 47.2 Å². The van der Waals surface area contributed by atoms with E-state index in [-0.39, 0.29) is 11.9 Å². The van der Waals surface area contributed by atoms with E-state index in [0.29, 0.717) is 6.42 Å². The van der Waals surface area contributed by atoms with Crippen molar-refractivity contribution in [2.24, 2.45) is 0 Å². The number of nitrogens with zero attached hydrogens (tertiary/aromatic N) is 1. The summed E-state index contributed by atoms with van der Waals surface area (Å²) >= 11 is 3.26. The Hall–Kier alpha value is -1.98. The van der Waals surface area contributed by atoms with Crippen molar-refractivity contribution in [3.63, 3.8) is 0 Å². The highest BCUT2D eigenvalue weighted by Gasteiger charge is 2.14. The van der Waals surface area contributed by atoms with E-state index < -0.39 is 0 Å². The van der Waals surface area contributed by atoms with Crippen LogP contribution in [0.1, 0.15) is 36.2 Å². The predicted octanol–water partition coefficient (Wildman–Crippen LogP) is 4.99. The fourth-order valence-corrected chi connectivity index (χ4v) is 4.17. The van der Waals surface area contributed by atoms with E-state index in [2.05, 4.69) is 54.5 Å². The lowest BCUT2D eigenvalue weighted by Crippen LogP contribution is -2.29. The Morgan fingerprint density at radius 3 is 2.67 bits per heavy atom. The number of rotatable bonds is 6. The minimum Gasteiger partial charge on any atom is -0.349 e. The fourth-order valence-electron chi connectivity index (χ4n) is 2.53. The average molecular weight is 357 g/mol. The zero-order valence-corrected chi connectivity index (χ0v) is 15.4.